The minimum absolute atomic E-state index is 0.263. The molecular weight excluding hydrogens is 404 g/mol. The van der Waals surface area contributed by atoms with Crippen LogP contribution in [0.15, 0.2) is 42.5 Å². The highest BCUT2D eigenvalue weighted by molar-refractivity contribution is 7.82. The molecule has 0 radical (unpaired) electrons. The first kappa shape index (κ1) is 21.6. The number of amides is 2. The van der Waals surface area contributed by atoms with Gasteiger partial charge in [-0.2, -0.15) is 0 Å². The van der Waals surface area contributed by atoms with Gasteiger partial charge in [-0.25, -0.2) is 14.0 Å². The summed E-state index contributed by atoms with van der Waals surface area (Å²) in [7, 11) is 1.78. The molecule has 30 heavy (non-hydrogen) atoms. The van der Waals surface area contributed by atoms with Crippen LogP contribution in [0.4, 0.5) is 10.6 Å². The molecule has 2 aromatic rings. The van der Waals surface area contributed by atoms with Gasteiger partial charge in [-0.05, 0) is 12.5 Å². The van der Waals surface area contributed by atoms with E-state index in [2.05, 4.69) is 39.9 Å². The summed E-state index contributed by atoms with van der Waals surface area (Å²) in [5.41, 5.74) is 3.48. The third kappa shape index (κ3) is 4.38. The van der Waals surface area contributed by atoms with Crippen LogP contribution in [0.3, 0.4) is 0 Å². The Morgan fingerprint density at radius 3 is 2.67 bits per heavy atom. The van der Waals surface area contributed by atoms with E-state index in [1.54, 1.807) is 22.2 Å². The fourth-order valence-corrected chi connectivity index (χ4v) is 4.33. The molecule has 0 bridgehead atoms. The quantitative estimate of drug-likeness (QED) is 0.647. The van der Waals surface area contributed by atoms with Crippen LogP contribution >= 0.6 is 0 Å². The zero-order valence-electron chi connectivity index (χ0n) is 17.5. The van der Waals surface area contributed by atoms with Gasteiger partial charge in [0.2, 0.25) is 0 Å². The van der Waals surface area contributed by atoms with Gasteiger partial charge < -0.3 is 15.2 Å². The van der Waals surface area contributed by atoms with E-state index < -0.39 is 11.0 Å². The van der Waals surface area contributed by atoms with Crippen LogP contribution in [0, 0.1) is 6.92 Å². The first-order valence-corrected chi connectivity index (χ1v) is 11.0. The number of urea groups is 1. The van der Waals surface area contributed by atoms with Crippen LogP contribution in [-0.4, -0.2) is 56.9 Å². The molecule has 1 aliphatic heterocycles. The average molecular weight is 431 g/mol. The SMILES string of the molecule is CNC(=O)N(C)c1ncn(CC2NC=C(Cc3ccc(C)cc3)N2S(C)=O)c1C=O. The molecule has 10 heteroatoms. The number of aldehydes is 1. The largest absolute Gasteiger partial charge is 0.368 e. The van der Waals surface area contributed by atoms with Crippen molar-refractivity contribution in [1.82, 2.24) is 24.5 Å². The number of allylic oxidation sites excluding steroid dienone is 1. The third-order valence-electron chi connectivity index (χ3n) is 4.97. The smallest absolute Gasteiger partial charge is 0.322 e. The topological polar surface area (TPSA) is 99.6 Å². The number of imidazole rings is 1. The van der Waals surface area contributed by atoms with Crippen molar-refractivity contribution in [2.75, 3.05) is 25.3 Å². The van der Waals surface area contributed by atoms with Crippen molar-refractivity contribution < 1.29 is 13.8 Å². The van der Waals surface area contributed by atoms with Crippen LogP contribution in [0.2, 0.25) is 0 Å². The van der Waals surface area contributed by atoms with Gasteiger partial charge in [0, 0.05) is 38.7 Å². The molecule has 2 N–H and O–H groups in total. The lowest BCUT2D eigenvalue weighted by molar-refractivity contribution is 0.111. The van der Waals surface area contributed by atoms with Gasteiger partial charge in [0.05, 0.1) is 12.9 Å². The Balaban J connectivity index is 1.79. The minimum atomic E-state index is -1.27. The predicted octanol–water partition coefficient (Wildman–Crippen LogP) is 1.39. The van der Waals surface area contributed by atoms with E-state index in [1.807, 2.05) is 13.1 Å². The van der Waals surface area contributed by atoms with Crippen molar-refractivity contribution in [3.63, 3.8) is 0 Å². The molecule has 1 aromatic heterocycles. The number of rotatable bonds is 7. The first-order valence-electron chi connectivity index (χ1n) is 9.44. The number of carbonyl (C=O) groups is 2. The number of benzene rings is 1. The Bertz CT molecular complexity index is 985. The molecule has 0 saturated heterocycles. The Morgan fingerprint density at radius 2 is 2.07 bits per heavy atom. The fraction of sp³-hybridized carbons (Fsp3) is 0.350. The van der Waals surface area contributed by atoms with Gasteiger partial charge in [-0.15, -0.1) is 0 Å². The van der Waals surface area contributed by atoms with Crippen LogP contribution in [0.5, 0.6) is 0 Å². The Kier molecular flexibility index (Phi) is 6.56. The molecule has 9 nitrogen and oxygen atoms in total. The van der Waals surface area contributed by atoms with E-state index in [-0.39, 0.29) is 23.7 Å². The van der Waals surface area contributed by atoms with Crippen molar-refractivity contribution in [2.24, 2.45) is 0 Å². The highest BCUT2D eigenvalue weighted by Gasteiger charge is 2.30. The Labute approximate surface area is 178 Å². The van der Waals surface area contributed by atoms with Gasteiger partial charge in [0.25, 0.3) is 0 Å². The van der Waals surface area contributed by atoms with E-state index in [1.165, 1.54) is 23.8 Å². The predicted molar refractivity (Wildman–Crippen MR) is 116 cm³/mol. The number of carbonyl (C=O) groups excluding carboxylic acids is 2. The van der Waals surface area contributed by atoms with Gasteiger partial charge in [0.15, 0.2) is 12.1 Å². The van der Waals surface area contributed by atoms with Crippen LogP contribution in [0.1, 0.15) is 21.6 Å². The summed E-state index contributed by atoms with van der Waals surface area (Å²) in [5, 5.41) is 5.76. The minimum Gasteiger partial charge on any atom is -0.368 e. The molecule has 1 aromatic carbocycles. The van der Waals surface area contributed by atoms with Crippen molar-refractivity contribution in [3.05, 3.63) is 59.3 Å². The molecular formula is C20H26N6O3S. The maximum absolute atomic E-state index is 12.5. The van der Waals surface area contributed by atoms with E-state index >= 15 is 0 Å². The van der Waals surface area contributed by atoms with Crippen LogP contribution in [0.25, 0.3) is 0 Å². The molecule has 0 aliphatic carbocycles. The number of anilines is 1. The van der Waals surface area contributed by atoms with Crippen LogP contribution in [-0.2, 0) is 24.0 Å². The molecule has 160 valence electrons. The second-order valence-corrected chi connectivity index (χ2v) is 8.31. The second-order valence-electron chi connectivity index (χ2n) is 7.07. The molecule has 0 saturated carbocycles. The number of aromatic nitrogens is 2. The second kappa shape index (κ2) is 9.12. The fourth-order valence-electron chi connectivity index (χ4n) is 3.39. The molecule has 2 heterocycles. The summed E-state index contributed by atoms with van der Waals surface area (Å²) in [6, 6.07) is 7.84. The lowest BCUT2D eigenvalue weighted by Crippen LogP contribution is -2.41. The molecule has 2 unspecified atom stereocenters. The molecule has 2 atom stereocenters. The first-order chi connectivity index (χ1) is 14.3. The van der Waals surface area contributed by atoms with Gasteiger partial charge in [-0.1, -0.05) is 29.8 Å². The molecule has 0 fully saturated rings. The number of aryl methyl sites for hydroxylation is 1. The lowest BCUT2D eigenvalue weighted by Gasteiger charge is -2.27. The highest BCUT2D eigenvalue weighted by atomic mass is 32.2. The highest BCUT2D eigenvalue weighted by Crippen LogP contribution is 2.24. The average Bonchev–Trinajstić information content (AvgIpc) is 3.32. The standard InChI is InChI=1S/C20H26N6O3S/c1-14-5-7-15(8-6-14)9-16-10-22-18(26(16)30(4)29)11-25-13-23-19(17(25)12-27)24(3)20(28)21-2/h5-8,10,12-13,18,22H,9,11H2,1-4H3,(H,21,28). The van der Waals surface area contributed by atoms with Crippen LogP contribution < -0.4 is 15.5 Å². The summed E-state index contributed by atoms with van der Waals surface area (Å²) in [5.74, 6) is 0.263. The summed E-state index contributed by atoms with van der Waals surface area (Å²) in [6.45, 7) is 2.37. The summed E-state index contributed by atoms with van der Waals surface area (Å²) >= 11 is 0. The van der Waals surface area contributed by atoms with E-state index in [4.69, 9.17) is 0 Å². The number of hydrogen-bond donors (Lipinski definition) is 2. The molecule has 3 rings (SSSR count). The monoisotopic (exact) mass is 430 g/mol. The zero-order valence-corrected chi connectivity index (χ0v) is 18.3. The van der Waals surface area contributed by atoms with Crippen molar-refractivity contribution in [1.29, 1.82) is 0 Å². The molecule has 0 spiro atoms. The van der Waals surface area contributed by atoms with Crippen molar-refractivity contribution in [3.8, 4) is 0 Å². The zero-order chi connectivity index (χ0) is 21.8. The Morgan fingerprint density at radius 1 is 1.37 bits per heavy atom. The normalized spacial score (nSPS) is 16.6. The number of hydrogen-bond acceptors (Lipinski definition) is 5. The molecule has 1 aliphatic rings. The van der Waals surface area contributed by atoms with Gasteiger partial charge >= 0.3 is 6.03 Å². The third-order valence-corrected chi connectivity index (χ3v) is 6.01. The summed E-state index contributed by atoms with van der Waals surface area (Å²) in [6.07, 6.45) is 5.99. The van der Waals surface area contributed by atoms with Gasteiger partial charge in [0.1, 0.15) is 22.8 Å². The number of nitrogens with zero attached hydrogens (tertiary/aromatic N) is 4. The Hall–Kier alpha value is -3.14. The van der Waals surface area contributed by atoms with E-state index in [0.717, 1.165) is 11.3 Å². The number of nitrogens with one attached hydrogen (secondary N) is 2. The maximum Gasteiger partial charge on any atom is 0.322 e. The van der Waals surface area contributed by atoms with E-state index in [0.29, 0.717) is 19.3 Å². The van der Waals surface area contributed by atoms with Crippen molar-refractivity contribution in [2.45, 2.75) is 26.1 Å². The maximum atomic E-state index is 12.5. The summed E-state index contributed by atoms with van der Waals surface area (Å²) < 4.78 is 16.0. The summed E-state index contributed by atoms with van der Waals surface area (Å²) in [4.78, 5) is 29.1. The lowest BCUT2D eigenvalue weighted by atomic mass is 10.1. The van der Waals surface area contributed by atoms with E-state index in [9.17, 15) is 13.8 Å². The molecule has 2 amide bonds. The van der Waals surface area contributed by atoms with Gasteiger partial charge in [-0.3, -0.25) is 14.0 Å². The van der Waals surface area contributed by atoms with Crippen molar-refractivity contribution >= 4 is 29.1 Å².